The topological polar surface area (TPSA) is 29.5 Å². The van der Waals surface area contributed by atoms with E-state index in [1.54, 1.807) is 4.90 Å². The zero-order valence-electron chi connectivity index (χ0n) is 9.86. The van der Waals surface area contributed by atoms with Crippen molar-refractivity contribution < 1.29 is 9.53 Å². The van der Waals surface area contributed by atoms with E-state index in [1.807, 2.05) is 31.3 Å². The minimum Gasteiger partial charge on any atom is -0.376 e. The number of halogens is 1. The van der Waals surface area contributed by atoms with Gasteiger partial charge in [0, 0.05) is 24.7 Å². The Hall–Kier alpha value is -0.870. The third-order valence-electron chi connectivity index (χ3n) is 2.95. The Bertz CT molecular complexity index is 402. The summed E-state index contributed by atoms with van der Waals surface area (Å²) in [6, 6.07) is 7.49. The molecular formula is C13H16BrNO2. The van der Waals surface area contributed by atoms with E-state index >= 15 is 0 Å². The molecule has 1 amide bonds. The van der Waals surface area contributed by atoms with Gasteiger partial charge >= 0.3 is 0 Å². The second-order valence-electron chi connectivity index (χ2n) is 4.30. The normalized spacial score (nSPS) is 19.3. The fraction of sp³-hybridized carbons (Fsp3) is 0.462. The van der Waals surface area contributed by atoms with Crippen molar-refractivity contribution in [2.45, 2.75) is 18.9 Å². The van der Waals surface area contributed by atoms with Crippen LogP contribution in [0.15, 0.2) is 28.7 Å². The van der Waals surface area contributed by atoms with Crippen molar-refractivity contribution in [1.29, 1.82) is 0 Å². The van der Waals surface area contributed by atoms with Gasteiger partial charge in [0.05, 0.1) is 11.7 Å². The van der Waals surface area contributed by atoms with Crippen LogP contribution in [0.2, 0.25) is 0 Å². The molecule has 1 aromatic carbocycles. The summed E-state index contributed by atoms with van der Waals surface area (Å²) in [6.45, 7) is 1.49. The molecule has 1 saturated heterocycles. The van der Waals surface area contributed by atoms with Gasteiger partial charge in [-0.1, -0.05) is 12.1 Å². The highest BCUT2D eigenvalue weighted by atomic mass is 79.9. The van der Waals surface area contributed by atoms with E-state index < -0.39 is 0 Å². The first kappa shape index (κ1) is 12.6. The standard InChI is InChI=1S/C13H16BrNO2/c1-15(9-10-5-4-8-17-10)13(16)11-6-2-3-7-12(11)14/h2-3,6-7,10H,4-5,8-9H2,1H3. The highest BCUT2D eigenvalue weighted by Gasteiger charge is 2.21. The maximum absolute atomic E-state index is 12.2. The second kappa shape index (κ2) is 5.65. The zero-order chi connectivity index (χ0) is 12.3. The van der Waals surface area contributed by atoms with Crippen molar-refractivity contribution in [1.82, 2.24) is 4.90 Å². The zero-order valence-corrected chi connectivity index (χ0v) is 11.4. The molecule has 92 valence electrons. The highest BCUT2D eigenvalue weighted by molar-refractivity contribution is 9.10. The number of rotatable bonds is 3. The molecule has 1 aromatic rings. The monoisotopic (exact) mass is 297 g/mol. The number of carbonyl (C=O) groups is 1. The van der Waals surface area contributed by atoms with E-state index in [0.29, 0.717) is 12.1 Å². The van der Waals surface area contributed by atoms with Crippen LogP contribution in [-0.2, 0) is 4.74 Å². The summed E-state index contributed by atoms with van der Waals surface area (Å²) in [5.41, 5.74) is 0.702. The number of hydrogen-bond acceptors (Lipinski definition) is 2. The van der Waals surface area contributed by atoms with Crippen LogP contribution in [0.3, 0.4) is 0 Å². The van der Waals surface area contributed by atoms with E-state index in [1.165, 1.54) is 0 Å². The fourth-order valence-electron chi connectivity index (χ4n) is 2.02. The minimum atomic E-state index is 0.0352. The van der Waals surface area contributed by atoms with Crippen LogP contribution in [0.5, 0.6) is 0 Å². The van der Waals surface area contributed by atoms with E-state index in [4.69, 9.17) is 4.74 Å². The molecule has 1 heterocycles. The van der Waals surface area contributed by atoms with E-state index in [2.05, 4.69) is 15.9 Å². The average Bonchev–Trinajstić information content (AvgIpc) is 2.81. The van der Waals surface area contributed by atoms with Gasteiger partial charge in [-0.15, -0.1) is 0 Å². The van der Waals surface area contributed by atoms with Crippen LogP contribution < -0.4 is 0 Å². The molecule has 0 aliphatic carbocycles. The summed E-state index contributed by atoms with van der Waals surface area (Å²) in [7, 11) is 1.82. The molecule has 0 bridgehead atoms. The lowest BCUT2D eigenvalue weighted by molar-refractivity contribution is 0.0586. The van der Waals surface area contributed by atoms with Crippen LogP contribution in [0.1, 0.15) is 23.2 Å². The predicted molar refractivity (Wildman–Crippen MR) is 70.1 cm³/mol. The lowest BCUT2D eigenvalue weighted by atomic mass is 10.2. The van der Waals surface area contributed by atoms with Gasteiger partial charge in [-0.3, -0.25) is 4.79 Å². The summed E-state index contributed by atoms with van der Waals surface area (Å²) < 4.78 is 6.37. The van der Waals surface area contributed by atoms with Gasteiger partial charge < -0.3 is 9.64 Å². The second-order valence-corrected chi connectivity index (χ2v) is 5.15. The van der Waals surface area contributed by atoms with Crippen LogP contribution in [0.4, 0.5) is 0 Å². The summed E-state index contributed by atoms with van der Waals surface area (Å²) >= 11 is 3.40. The van der Waals surface area contributed by atoms with Gasteiger partial charge in [0.1, 0.15) is 0 Å². The Morgan fingerprint density at radius 2 is 2.29 bits per heavy atom. The molecule has 1 fully saturated rings. The van der Waals surface area contributed by atoms with Crippen molar-refractivity contribution in [3.05, 3.63) is 34.3 Å². The van der Waals surface area contributed by atoms with Gasteiger partial charge in [-0.2, -0.15) is 0 Å². The molecule has 0 saturated carbocycles. The minimum absolute atomic E-state index is 0.0352. The first-order chi connectivity index (χ1) is 8.18. The Balaban J connectivity index is 2.01. The first-order valence-corrected chi connectivity index (χ1v) is 6.59. The van der Waals surface area contributed by atoms with Crippen molar-refractivity contribution in [3.8, 4) is 0 Å². The highest BCUT2D eigenvalue weighted by Crippen LogP contribution is 2.19. The van der Waals surface area contributed by atoms with Crippen molar-refractivity contribution in [3.63, 3.8) is 0 Å². The molecule has 0 spiro atoms. The van der Waals surface area contributed by atoms with Crippen molar-refractivity contribution >= 4 is 21.8 Å². The summed E-state index contributed by atoms with van der Waals surface area (Å²) in [6.07, 6.45) is 2.35. The lowest BCUT2D eigenvalue weighted by Gasteiger charge is -2.21. The average molecular weight is 298 g/mol. The molecular weight excluding hydrogens is 282 g/mol. The van der Waals surface area contributed by atoms with E-state index in [0.717, 1.165) is 23.9 Å². The smallest absolute Gasteiger partial charge is 0.254 e. The summed E-state index contributed by atoms with van der Waals surface area (Å²) in [4.78, 5) is 13.9. The molecule has 4 heteroatoms. The Morgan fingerprint density at radius 1 is 1.53 bits per heavy atom. The molecule has 1 aliphatic heterocycles. The maximum atomic E-state index is 12.2. The molecule has 0 radical (unpaired) electrons. The number of ether oxygens (including phenoxy) is 1. The summed E-state index contributed by atoms with van der Waals surface area (Å²) in [5.74, 6) is 0.0352. The fourth-order valence-corrected chi connectivity index (χ4v) is 2.47. The molecule has 0 aromatic heterocycles. The van der Waals surface area contributed by atoms with Crippen LogP contribution in [0, 0.1) is 0 Å². The van der Waals surface area contributed by atoms with Crippen LogP contribution in [0.25, 0.3) is 0 Å². The molecule has 0 N–H and O–H groups in total. The first-order valence-electron chi connectivity index (χ1n) is 5.80. The molecule has 1 unspecified atom stereocenters. The number of carbonyl (C=O) groups excluding carboxylic acids is 1. The third-order valence-corrected chi connectivity index (χ3v) is 3.64. The largest absolute Gasteiger partial charge is 0.376 e. The van der Waals surface area contributed by atoms with Gasteiger partial charge in [0.25, 0.3) is 5.91 Å². The van der Waals surface area contributed by atoms with Gasteiger partial charge in [0.2, 0.25) is 0 Å². The van der Waals surface area contributed by atoms with Crippen molar-refractivity contribution in [2.75, 3.05) is 20.2 Å². The number of hydrogen-bond donors (Lipinski definition) is 0. The van der Waals surface area contributed by atoms with E-state index in [-0.39, 0.29) is 12.0 Å². The molecule has 17 heavy (non-hydrogen) atoms. The molecule has 1 aliphatic rings. The predicted octanol–water partition coefficient (Wildman–Crippen LogP) is 2.70. The number of benzene rings is 1. The quantitative estimate of drug-likeness (QED) is 0.858. The van der Waals surface area contributed by atoms with Gasteiger partial charge in [-0.05, 0) is 40.9 Å². The number of amides is 1. The Kier molecular flexibility index (Phi) is 4.18. The number of likely N-dealkylation sites (N-methyl/N-ethyl adjacent to an activating group) is 1. The lowest BCUT2D eigenvalue weighted by Crippen LogP contribution is -2.34. The van der Waals surface area contributed by atoms with Crippen molar-refractivity contribution in [2.24, 2.45) is 0 Å². The van der Waals surface area contributed by atoms with Crippen LogP contribution >= 0.6 is 15.9 Å². The molecule has 3 nitrogen and oxygen atoms in total. The third kappa shape index (κ3) is 3.07. The molecule has 2 rings (SSSR count). The maximum Gasteiger partial charge on any atom is 0.254 e. The molecule has 1 atom stereocenters. The van der Waals surface area contributed by atoms with Gasteiger partial charge in [0.15, 0.2) is 0 Å². The van der Waals surface area contributed by atoms with Crippen LogP contribution in [-0.4, -0.2) is 37.1 Å². The van der Waals surface area contributed by atoms with Gasteiger partial charge in [-0.25, -0.2) is 0 Å². The SMILES string of the molecule is CN(CC1CCCO1)C(=O)c1ccccc1Br. The number of nitrogens with zero attached hydrogens (tertiary/aromatic N) is 1. The Labute approximate surface area is 110 Å². The Morgan fingerprint density at radius 3 is 2.94 bits per heavy atom. The summed E-state index contributed by atoms with van der Waals surface area (Å²) in [5, 5.41) is 0. The van der Waals surface area contributed by atoms with E-state index in [9.17, 15) is 4.79 Å².